The Balaban J connectivity index is 1.87. The van der Waals surface area contributed by atoms with Gasteiger partial charge in [0, 0.05) is 43.9 Å². The SMILES string of the molecule is COC(=O)/C=C1/CC(c2ccccc2)N(Cc2ccccc2)CCN1. The summed E-state index contributed by atoms with van der Waals surface area (Å²) in [5.74, 6) is -0.314. The molecule has 1 N–H and O–H groups in total. The summed E-state index contributed by atoms with van der Waals surface area (Å²) < 4.78 is 4.79. The van der Waals surface area contributed by atoms with Crippen LogP contribution in [0.3, 0.4) is 0 Å². The van der Waals surface area contributed by atoms with Gasteiger partial charge in [0.05, 0.1) is 7.11 Å². The van der Waals surface area contributed by atoms with Crippen molar-refractivity contribution in [3.05, 3.63) is 83.6 Å². The van der Waals surface area contributed by atoms with Crippen molar-refractivity contribution in [3.8, 4) is 0 Å². The zero-order valence-corrected chi connectivity index (χ0v) is 14.5. The monoisotopic (exact) mass is 336 g/mol. The zero-order valence-electron chi connectivity index (χ0n) is 14.5. The molecule has 0 spiro atoms. The van der Waals surface area contributed by atoms with Gasteiger partial charge in [0.15, 0.2) is 0 Å². The van der Waals surface area contributed by atoms with Crippen molar-refractivity contribution in [1.29, 1.82) is 0 Å². The highest BCUT2D eigenvalue weighted by molar-refractivity contribution is 5.82. The number of hydrogen-bond donors (Lipinski definition) is 1. The first-order valence-electron chi connectivity index (χ1n) is 8.61. The molecule has 4 heteroatoms. The van der Waals surface area contributed by atoms with Gasteiger partial charge in [-0.05, 0) is 11.1 Å². The average molecular weight is 336 g/mol. The number of methoxy groups -OCH3 is 1. The van der Waals surface area contributed by atoms with Crippen LogP contribution in [0.25, 0.3) is 0 Å². The molecule has 0 amide bonds. The molecule has 0 saturated carbocycles. The number of nitrogens with one attached hydrogen (secondary N) is 1. The fraction of sp³-hybridized carbons (Fsp3) is 0.286. The quantitative estimate of drug-likeness (QED) is 0.687. The van der Waals surface area contributed by atoms with Crippen molar-refractivity contribution < 1.29 is 9.53 Å². The van der Waals surface area contributed by atoms with E-state index in [-0.39, 0.29) is 12.0 Å². The first-order chi connectivity index (χ1) is 12.3. The molecule has 2 aromatic carbocycles. The maximum atomic E-state index is 11.7. The molecule has 0 radical (unpaired) electrons. The van der Waals surface area contributed by atoms with Crippen molar-refractivity contribution in [2.45, 2.75) is 19.0 Å². The Hall–Kier alpha value is -2.59. The highest BCUT2D eigenvalue weighted by Gasteiger charge is 2.25. The number of ether oxygens (including phenoxy) is 1. The number of carbonyl (C=O) groups excluding carboxylic acids is 1. The van der Waals surface area contributed by atoms with Gasteiger partial charge in [0.1, 0.15) is 0 Å². The standard InChI is InChI=1S/C21H24N2O2/c1-25-21(24)15-19-14-20(18-10-6-3-7-11-18)23(13-12-22-19)16-17-8-4-2-5-9-17/h2-11,15,20,22H,12-14,16H2,1H3/b19-15-. The molecule has 1 unspecified atom stereocenters. The van der Waals surface area contributed by atoms with E-state index < -0.39 is 0 Å². The fourth-order valence-corrected chi connectivity index (χ4v) is 3.25. The first-order valence-corrected chi connectivity index (χ1v) is 8.61. The Labute approximate surface area is 149 Å². The van der Waals surface area contributed by atoms with E-state index in [9.17, 15) is 4.79 Å². The minimum atomic E-state index is -0.314. The second-order valence-corrected chi connectivity index (χ2v) is 6.21. The minimum Gasteiger partial charge on any atom is -0.466 e. The topological polar surface area (TPSA) is 41.6 Å². The second kappa shape index (κ2) is 8.49. The molecule has 130 valence electrons. The van der Waals surface area contributed by atoms with Gasteiger partial charge >= 0.3 is 5.97 Å². The summed E-state index contributed by atoms with van der Waals surface area (Å²) in [4.78, 5) is 14.1. The number of hydrogen-bond acceptors (Lipinski definition) is 4. The smallest absolute Gasteiger partial charge is 0.332 e. The van der Waals surface area contributed by atoms with Crippen molar-refractivity contribution >= 4 is 5.97 Å². The molecule has 4 nitrogen and oxygen atoms in total. The largest absolute Gasteiger partial charge is 0.466 e. The molecule has 1 fully saturated rings. The number of carbonyl (C=O) groups is 1. The molecule has 1 aliphatic heterocycles. The van der Waals surface area contributed by atoms with Crippen molar-refractivity contribution in [2.75, 3.05) is 20.2 Å². The van der Waals surface area contributed by atoms with Crippen LogP contribution in [0.2, 0.25) is 0 Å². The van der Waals surface area contributed by atoms with Crippen LogP contribution in [-0.2, 0) is 16.1 Å². The van der Waals surface area contributed by atoms with Crippen LogP contribution in [0.1, 0.15) is 23.6 Å². The number of rotatable bonds is 4. The number of benzene rings is 2. The summed E-state index contributed by atoms with van der Waals surface area (Å²) in [6.07, 6.45) is 2.33. The lowest BCUT2D eigenvalue weighted by Gasteiger charge is -2.30. The van der Waals surface area contributed by atoms with Crippen LogP contribution in [0.15, 0.2) is 72.4 Å². The Bertz CT molecular complexity index is 713. The lowest BCUT2D eigenvalue weighted by molar-refractivity contribution is -0.134. The van der Waals surface area contributed by atoms with E-state index in [0.29, 0.717) is 0 Å². The Morgan fingerprint density at radius 3 is 2.52 bits per heavy atom. The van der Waals surface area contributed by atoms with Crippen LogP contribution in [-0.4, -0.2) is 31.1 Å². The van der Waals surface area contributed by atoms with Crippen LogP contribution in [0.4, 0.5) is 0 Å². The maximum Gasteiger partial charge on any atom is 0.332 e. The predicted molar refractivity (Wildman–Crippen MR) is 98.8 cm³/mol. The molecule has 0 aliphatic carbocycles. The lowest BCUT2D eigenvalue weighted by atomic mass is 10.00. The third-order valence-electron chi connectivity index (χ3n) is 4.51. The van der Waals surface area contributed by atoms with Gasteiger partial charge < -0.3 is 10.1 Å². The third-order valence-corrected chi connectivity index (χ3v) is 4.51. The van der Waals surface area contributed by atoms with E-state index in [2.05, 4.69) is 58.7 Å². The molecule has 1 atom stereocenters. The normalized spacial score (nSPS) is 19.9. The highest BCUT2D eigenvalue weighted by atomic mass is 16.5. The second-order valence-electron chi connectivity index (χ2n) is 6.21. The van der Waals surface area contributed by atoms with Gasteiger partial charge in [-0.3, -0.25) is 4.90 Å². The molecule has 3 rings (SSSR count). The van der Waals surface area contributed by atoms with Crippen LogP contribution < -0.4 is 5.32 Å². The van der Waals surface area contributed by atoms with Crippen LogP contribution >= 0.6 is 0 Å². The van der Waals surface area contributed by atoms with Gasteiger partial charge in [-0.25, -0.2) is 4.79 Å². The van der Waals surface area contributed by atoms with Crippen molar-refractivity contribution in [2.24, 2.45) is 0 Å². The summed E-state index contributed by atoms with van der Waals surface area (Å²) >= 11 is 0. The molecular formula is C21H24N2O2. The number of esters is 1. The highest BCUT2D eigenvalue weighted by Crippen LogP contribution is 2.30. The van der Waals surface area contributed by atoms with E-state index in [4.69, 9.17) is 4.74 Å². The predicted octanol–water partition coefficient (Wildman–Crippen LogP) is 3.28. The van der Waals surface area contributed by atoms with Gasteiger partial charge in [0.25, 0.3) is 0 Å². The Morgan fingerprint density at radius 2 is 1.84 bits per heavy atom. The molecule has 0 bridgehead atoms. The Kier molecular flexibility index (Phi) is 5.86. The first kappa shape index (κ1) is 17.2. The minimum absolute atomic E-state index is 0.215. The summed E-state index contributed by atoms with van der Waals surface area (Å²) in [7, 11) is 1.41. The molecule has 25 heavy (non-hydrogen) atoms. The van der Waals surface area contributed by atoms with Gasteiger partial charge in [-0.1, -0.05) is 60.7 Å². The zero-order chi connectivity index (χ0) is 17.5. The molecule has 1 heterocycles. The van der Waals surface area contributed by atoms with E-state index in [1.54, 1.807) is 6.08 Å². The van der Waals surface area contributed by atoms with E-state index in [1.807, 2.05) is 12.1 Å². The summed E-state index contributed by atoms with van der Waals surface area (Å²) in [5, 5.41) is 3.38. The summed E-state index contributed by atoms with van der Waals surface area (Å²) in [6.45, 7) is 2.60. The molecule has 2 aromatic rings. The third kappa shape index (κ3) is 4.70. The van der Waals surface area contributed by atoms with E-state index in [0.717, 1.165) is 31.8 Å². The van der Waals surface area contributed by atoms with E-state index >= 15 is 0 Å². The molecule has 0 aromatic heterocycles. The summed E-state index contributed by atoms with van der Waals surface area (Å²) in [6, 6.07) is 21.2. The Morgan fingerprint density at radius 1 is 1.16 bits per heavy atom. The maximum absolute atomic E-state index is 11.7. The van der Waals surface area contributed by atoms with Crippen molar-refractivity contribution in [1.82, 2.24) is 10.2 Å². The van der Waals surface area contributed by atoms with E-state index in [1.165, 1.54) is 18.2 Å². The number of nitrogens with zero attached hydrogens (tertiary/aromatic N) is 1. The summed E-state index contributed by atoms with van der Waals surface area (Å²) in [5.41, 5.74) is 3.48. The molecule has 1 saturated heterocycles. The van der Waals surface area contributed by atoms with Crippen LogP contribution in [0.5, 0.6) is 0 Å². The average Bonchev–Trinajstić information content (AvgIpc) is 2.85. The molecule has 1 aliphatic rings. The fourth-order valence-electron chi connectivity index (χ4n) is 3.25. The van der Waals surface area contributed by atoms with Gasteiger partial charge in [-0.2, -0.15) is 0 Å². The van der Waals surface area contributed by atoms with Crippen LogP contribution in [0, 0.1) is 0 Å². The van der Waals surface area contributed by atoms with Gasteiger partial charge in [0.2, 0.25) is 0 Å². The lowest BCUT2D eigenvalue weighted by Crippen LogP contribution is -2.30. The van der Waals surface area contributed by atoms with Crippen molar-refractivity contribution in [3.63, 3.8) is 0 Å². The molecular weight excluding hydrogens is 312 g/mol. The van der Waals surface area contributed by atoms with Gasteiger partial charge in [-0.15, -0.1) is 0 Å².